The van der Waals surface area contributed by atoms with E-state index in [1.54, 1.807) is 18.2 Å². The summed E-state index contributed by atoms with van der Waals surface area (Å²) in [5, 5.41) is 0. The SMILES string of the molecule is CC(=O)c1cc(Oc2cc(C)ccc2C(C)C)ccc1N. The van der Waals surface area contributed by atoms with Crippen molar-refractivity contribution < 1.29 is 9.53 Å². The van der Waals surface area contributed by atoms with Gasteiger partial charge in [0.25, 0.3) is 0 Å². The van der Waals surface area contributed by atoms with Gasteiger partial charge in [0, 0.05) is 11.3 Å². The van der Waals surface area contributed by atoms with E-state index < -0.39 is 0 Å². The summed E-state index contributed by atoms with van der Waals surface area (Å²) in [6.07, 6.45) is 0. The fraction of sp³-hybridized carbons (Fsp3) is 0.278. The lowest BCUT2D eigenvalue weighted by Gasteiger charge is -2.15. The molecule has 2 rings (SSSR count). The zero-order chi connectivity index (χ0) is 15.6. The molecule has 0 aliphatic rings. The number of benzene rings is 2. The Kier molecular flexibility index (Phi) is 4.32. The molecular weight excluding hydrogens is 262 g/mol. The van der Waals surface area contributed by atoms with Crippen molar-refractivity contribution >= 4 is 11.5 Å². The lowest BCUT2D eigenvalue weighted by Crippen LogP contribution is -2.00. The van der Waals surface area contributed by atoms with Crippen molar-refractivity contribution in [1.29, 1.82) is 0 Å². The average Bonchev–Trinajstić information content (AvgIpc) is 2.40. The minimum atomic E-state index is -0.0636. The molecule has 21 heavy (non-hydrogen) atoms. The Morgan fingerprint density at radius 1 is 1.14 bits per heavy atom. The van der Waals surface area contributed by atoms with Crippen LogP contribution in [0, 0.1) is 6.92 Å². The van der Waals surface area contributed by atoms with Gasteiger partial charge in [-0.2, -0.15) is 0 Å². The molecule has 0 atom stereocenters. The van der Waals surface area contributed by atoms with E-state index in [4.69, 9.17) is 10.5 Å². The molecule has 2 N–H and O–H groups in total. The van der Waals surface area contributed by atoms with E-state index in [0.717, 1.165) is 16.9 Å². The van der Waals surface area contributed by atoms with Crippen LogP contribution in [0.1, 0.15) is 48.2 Å². The second-order valence-electron chi connectivity index (χ2n) is 5.60. The number of ether oxygens (including phenoxy) is 1. The van der Waals surface area contributed by atoms with Crippen LogP contribution in [0.2, 0.25) is 0 Å². The third-order valence-corrected chi connectivity index (χ3v) is 3.42. The van der Waals surface area contributed by atoms with Crippen LogP contribution >= 0.6 is 0 Å². The molecule has 0 aliphatic heterocycles. The fourth-order valence-corrected chi connectivity index (χ4v) is 2.24. The molecule has 0 heterocycles. The highest BCUT2D eigenvalue weighted by Crippen LogP contribution is 2.32. The smallest absolute Gasteiger partial charge is 0.162 e. The normalized spacial score (nSPS) is 10.7. The lowest BCUT2D eigenvalue weighted by atomic mass is 10.0. The van der Waals surface area contributed by atoms with E-state index in [1.165, 1.54) is 6.92 Å². The highest BCUT2D eigenvalue weighted by atomic mass is 16.5. The number of Topliss-reactive ketones (excluding diaryl/α,β-unsaturated/α-hetero) is 1. The Labute approximate surface area is 125 Å². The van der Waals surface area contributed by atoms with Crippen molar-refractivity contribution in [2.45, 2.75) is 33.6 Å². The number of carbonyl (C=O) groups is 1. The quantitative estimate of drug-likeness (QED) is 0.654. The predicted octanol–water partition coefficient (Wildman–Crippen LogP) is 4.70. The minimum absolute atomic E-state index is 0.0636. The number of carbonyl (C=O) groups excluding carboxylic acids is 1. The van der Waals surface area contributed by atoms with Gasteiger partial charge < -0.3 is 10.5 Å². The Bertz CT molecular complexity index is 675. The fourth-order valence-electron chi connectivity index (χ4n) is 2.24. The summed E-state index contributed by atoms with van der Waals surface area (Å²) >= 11 is 0. The predicted molar refractivity (Wildman–Crippen MR) is 86.2 cm³/mol. The maximum absolute atomic E-state index is 11.6. The average molecular weight is 283 g/mol. The molecule has 0 aromatic heterocycles. The van der Waals surface area contributed by atoms with E-state index in [2.05, 4.69) is 26.0 Å². The van der Waals surface area contributed by atoms with Crippen molar-refractivity contribution in [2.75, 3.05) is 5.73 Å². The lowest BCUT2D eigenvalue weighted by molar-refractivity contribution is 0.101. The molecule has 3 nitrogen and oxygen atoms in total. The van der Waals surface area contributed by atoms with Gasteiger partial charge in [-0.1, -0.05) is 26.0 Å². The molecule has 0 spiro atoms. The van der Waals surface area contributed by atoms with Crippen LogP contribution in [-0.2, 0) is 0 Å². The highest BCUT2D eigenvalue weighted by Gasteiger charge is 2.11. The van der Waals surface area contributed by atoms with Gasteiger partial charge in [-0.3, -0.25) is 4.79 Å². The van der Waals surface area contributed by atoms with Crippen LogP contribution in [0.25, 0.3) is 0 Å². The standard InChI is InChI=1S/C18H21NO2/c1-11(2)15-7-5-12(3)9-18(15)21-14-6-8-17(19)16(10-14)13(4)20/h5-11H,19H2,1-4H3. The zero-order valence-corrected chi connectivity index (χ0v) is 12.9. The van der Waals surface area contributed by atoms with Gasteiger partial charge in [0.1, 0.15) is 11.5 Å². The van der Waals surface area contributed by atoms with Crippen LogP contribution in [0.5, 0.6) is 11.5 Å². The monoisotopic (exact) mass is 283 g/mol. The molecule has 2 aromatic carbocycles. The molecule has 0 radical (unpaired) electrons. The molecule has 0 fully saturated rings. The van der Waals surface area contributed by atoms with Crippen LogP contribution in [-0.4, -0.2) is 5.78 Å². The number of rotatable bonds is 4. The van der Waals surface area contributed by atoms with E-state index in [1.807, 2.05) is 13.0 Å². The first kappa shape index (κ1) is 15.1. The summed E-state index contributed by atoms with van der Waals surface area (Å²) in [6.45, 7) is 7.78. The number of hydrogen-bond acceptors (Lipinski definition) is 3. The largest absolute Gasteiger partial charge is 0.457 e. The highest BCUT2D eigenvalue weighted by molar-refractivity contribution is 5.99. The molecule has 0 saturated carbocycles. The van der Waals surface area contributed by atoms with E-state index >= 15 is 0 Å². The Morgan fingerprint density at radius 3 is 2.48 bits per heavy atom. The summed E-state index contributed by atoms with van der Waals surface area (Å²) in [5.41, 5.74) is 9.05. The molecule has 0 bridgehead atoms. The van der Waals surface area contributed by atoms with Crippen LogP contribution < -0.4 is 10.5 Å². The number of ketones is 1. The van der Waals surface area contributed by atoms with E-state index in [-0.39, 0.29) is 5.78 Å². The van der Waals surface area contributed by atoms with Gasteiger partial charge in [-0.15, -0.1) is 0 Å². The molecule has 110 valence electrons. The van der Waals surface area contributed by atoms with Crippen molar-refractivity contribution in [3.63, 3.8) is 0 Å². The Hall–Kier alpha value is -2.29. The van der Waals surface area contributed by atoms with Gasteiger partial charge in [0.05, 0.1) is 0 Å². The minimum Gasteiger partial charge on any atom is -0.457 e. The van der Waals surface area contributed by atoms with Gasteiger partial charge in [0.2, 0.25) is 0 Å². The first-order chi connectivity index (χ1) is 9.88. The van der Waals surface area contributed by atoms with Gasteiger partial charge in [0.15, 0.2) is 5.78 Å². The Balaban J connectivity index is 2.40. The van der Waals surface area contributed by atoms with E-state index in [9.17, 15) is 4.79 Å². The van der Waals surface area contributed by atoms with Crippen molar-refractivity contribution in [3.8, 4) is 11.5 Å². The molecule has 0 aliphatic carbocycles. The molecule has 0 unspecified atom stereocenters. The van der Waals surface area contributed by atoms with Crippen molar-refractivity contribution in [2.24, 2.45) is 0 Å². The van der Waals surface area contributed by atoms with Gasteiger partial charge in [-0.25, -0.2) is 0 Å². The van der Waals surface area contributed by atoms with E-state index in [0.29, 0.717) is 22.9 Å². The topological polar surface area (TPSA) is 52.3 Å². The van der Waals surface area contributed by atoms with Crippen LogP contribution in [0.4, 0.5) is 5.69 Å². The number of hydrogen-bond donors (Lipinski definition) is 1. The first-order valence-electron chi connectivity index (χ1n) is 7.07. The summed E-state index contributed by atoms with van der Waals surface area (Å²) < 4.78 is 5.99. The van der Waals surface area contributed by atoms with Gasteiger partial charge in [-0.05, 0) is 55.2 Å². The van der Waals surface area contributed by atoms with Crippen molar-refractivity contribution in [3.05, 3.63) is 53.1 Å². The number of nitrogens with two attached hydrogens (primary N) is 1. The number of anilines is 1. The summed E-state index contributed by atoms with van der Waals surface area (Å²) in [5.74, 6) is 1.75. The summed E-state index contributed by atoms with van der Waals surface area (Å²) in [7, 11) is 0. The number of nitrogen functional groups attached to an aromatic ring is 1. The Morgan fingerprint density at radius 2 is 1.86 bits per heavy atom. The van der Waals surface area contributed by atoms with Crippen LogP contribution in [0.3, 0.4) is 0 Å². The number of aryl methyl sites for hydroxylation is 1. The second-order valence-corrected chi connectivity index (χ2v) is 5.60. The second kappa shape index (κ2) is 6.00. The molecular formula is C18H21NO2. The molecule has 0 saturated heterocycles. The molecule has 3 heteroatoms. The summed E-state index contributed by atoms with van der Waals surface area (Å²) in [6, 6.07) is 11.4. The molecule has 0 amide bonds. The van der Waals surface area contributed by atoms with Crippen molar-refractivity contribution in [1.82, 2.24) is 0 Å². The first-order valence-corrected chi connectivity index (χ1v) is 7.07. The summed E-state index contributed by atoms with van der Waals surface area (Å²) in [4.78, 5) is 11.6. The maximum atomic E-state index is 11.6. The van der Waals surface area contributed by atoms with Crippen LogP contribution in [0.15, 0.2) is 36.4 Å². The molecule has 2 aromatic rings. The maximum Gasteiger partial charge on any atom is 0.162 e. The third-order valence-electron chi connectivity index (χ3n) is 3.42. The third kappa shape index (κ3) is 3.43. The van der Waals surface area contributed by atoms with Gasteiger partial charge >= 0.3 is 0 Å². The zero-order valence-electron chi connectivity index (χ0n) is 12.9.